The normalized spacial score (nSPS) is 11.4. The molecular weight excluding hydrogens is 262 g/mol. The number of rotatable bonds is 4. The van der Waals surface area contributed by atoms with Crippen LogP contribution in [0.5, 0.6) is 0 Å². The van der Waals surface area contributed by atoms with Crippen molar-refractivity contribution in [1.29, 1.82) is 0 Å². The van der Waals surface area contributed by atoms with Crippen LogP contribution in [0.4, 0.5) is 5.69 Å². The van der Waals surface area contributed by atoms with Gasteiger partial charge >= 0.3 is 0 Å². The Labute approximate surface area is 119 Å². The van der Waals surface area contributed by atoms with Crippen molar-refractivity contribution in [2.75, 3.05) is 11.9 Å². The van der Waals surface area contributed by atoms with Crippen LogP contribution in [-0.2, 0) is 4.79 Å². The summed E-state index contributed by atoms with van der Waals surface area (Å²) in [6.45, 7) is 3.87. The largest absolute Gasteiger partial charge is 0.395 e. The molecule has 1 aromatic carbocycles. The van der Waals surface area contributed by atoms with Gasteiger partial charge in [-0.05, 0) is 24.6 Å². The lowest BCUT2D eigenvalue weighted by molar-refractivity contribution is -0.119. The summed E-state index contributed by atoms with van der Waals surface area (Å²) >= 11 is 6.05. The predicted octanol–water partition coefficient (Wildman–Crippen LogP) is 3.06. The molecule has 1 atom stereocenters. The summed E-state index contributed by atoms with van der Waals surface area (Å²) in [5.74, 6) is 5.63. The fraction of sp³-hybridized carbons (Fsp3) is 0.400. The Kier molecular flexibility index (Phi) is 6.41. The molecule has 2 N–H and O–H groups in total. The van der Waals surface area contributed by atoms with Gasteiger partial charge in [0.2, 0.25) is 5.91 Å². The molecule has 0 aliphatic carbocycles. The van der Waals surface area contributed by atoms with Gasteiger partial charge in [-0.25, -0.2) is 0 Å². The van der Waals surface area contributed by atoms with Crippen molar-refractivity contribution >= 4 is 23.2 Å². The van der Waals surface area contributed by atoms with Crippen molar-refractivity contribution in [1.82, 2.24) is 0 Å². The van der Waals surface area contributed by atoms with Crippen LogP contribution in [0.3, 0.4) is 0 Å². The number of benzene rings is 1. The second-order valence-electron chi connectivity index (χ2n) is 4.27. The van der Waals surface area contributed by atoms with Crippen LogP contribution in [0.25, 0.3) is 0 Å². The Balaban J connectivity index is 2.86. The average Bonchev–Trinajstić information content (AvgIpc) is 2.41. The zero-order chi connectivity index (χ0) is 14.3. The van der Waals surface area contributed by atoms with Crippen molar-refractivity contribution < 1.29 is 9.90 Å². The third-order valence-electron chi connectivity index (χ3n) is 2.75. The lowest BCUT2D eigenvalue weighted by Gasteiger charge is -2.11. The summed E-state index contributed by atoms with van der Waals surface area (Å²) in [5.41, 5.74) is 1.33. The highest BCUT2D eigenvalue weighted by molar-refractivity contribution is 6.33. The SMILES string of the molecule is CCC(C)C(=O)Nc1cc(C#CCCO)ccc1Cl. The van der Waals surface area contributed by atoms with Crippen molar-refractivity contribution in [3.8, 4) is 11.8 Å². The summed E-state index contributed by atoms with van der Waals surface area (Å²) in [7, 11) is 0. The summed E-state index contributed by atoms with van der Waals surface area (Å²) in [6, 6.07) is 5.23. The molecule has 0 saturated heterocycles. The van der Waals surface area contributed by atoms with Crippen molar-refractivity contribution in [3.63, 3.8) is 0 Å². The van der Waals surface area contributed by atoms with E-state index >= 15 is 0 Å². The molecule has 0 aromatic heterocycles. The van der Waals surface area contributed by atoms with Gasteiger partial charge in [0, 0.05) is 17.9 Å². The van der Waals surface area contributed by atoms with Crippen molar-refractivity contribution in [2.45, 2.75) is 26.7 Å². The standard InChI is InChI=1S/C15H18ClNO2/c1-3-11(2)15(19)17-14-10-12(6-4-5-9-18)7-8-13(14)16/h7-8,10-11,18H,3,5,9H2,1-2H3,(H,17,19). The molecule has 0 saturated carbocycles. The van der Waals surface area contributed by atoms with Crippen LogP contribution in [0.1, 0.15) is 32.3 Å². The van der Waals surface area contributed by atoms with E-state index in [2.05, 4.69) is 17.2 Å². The number of hydrogen-bond acceptors (Lipinski definition) is 2. The van der Waals surface area contributed by atoms with E-state index in [0.717, 1.165) is 12.0 Å². The number of halogens is 1. The Hall–Kier alpha value is -1.50. The number of nitrogens with one attached hydrogen (secondary N) is 1. The number of carbonyl (C=O) groups excluding carboxylic acids is 1. The van der Waals surface area contributed by atoms with Gasteiger partial charge < -0.3 is 10.4 Å². The first-order chi connectivity index (χ1) is 9.08. The van der Waals surface area contributed by atoms with E-state index in [1.807, 2.05) is 13.8 Å². The molecule has 3 nitrogen and oxygen atoms in total. The Morgan fingerprint density at radius 1 is 1.53 bits per heavy atom. The number of aliphatic hydroxyl groups is 1. The second-order valence-corrected chi connectivity index (χ2v) is 4.68. The van der Waals surface area contributed by atoms with Gasteiger partial charge in [0.1, 0.15) is 0 Å². The first-order valence-corrected chi connectivity index (χ1v) is 6.66. The van der Waals surface area contributed by atoms with Crippen LogP contribution < -0.4 is 5.32 Å². The average molecular weight is 280 g/mol. The van der Waals surface area contributed by atoms with Crippen LogP contribution in [0.2, 0.25) is 5.02 Å². The van der Waals surface area contributed by atoms with Crippen LogP contribution >= 0.6 is 11.6 Å². The minimum Gasteiger partial charge on any atom is -0.395 e. The van der Waals surface area contributed by atoms with Gasteiger partial charge in [0.15, 0.2) is 0 Å². The highest BCUT2D eigenvalue weighted by Gasteiger charge is 2.12. The summed E-state index contributed by atoms with van der Waals surface area (Å²) in [4.78, 5) is 11.8. The molecule has 4 heteroatoms. The fourth-order valence-electron chi connectivity index (χ4n) is 1.36. The van der Waals surface area contributed by atoms with Crippen molar-refractivity contribution in [2.24, 2.45) is 5.92 Å². The molecule has 19 heavy (non-hydrogen) atoms. The Morgan fingerprint density at radius 3 is 2.89 bits per heavy atom. The molecule has 0 aliphatic rings. The maximum Gasteiger partial charge on any atom is 0.227 e. The fourth-order valence-corrected chi connectivity index (χ4v) is 1.53. The number of anilines is 1. The molecule has 0 heterocycles. The van der Waals surface area contributed by atoms with Gasteiger partial charge in [-0.15, -0.1) is 0 Å². The lowest BCUT2D eigenvalue weighted by atomic mass is 10.1. The lowest BCUT2D eigenvalue weighted by Crippen LogP contribution is -2.19. The molecule has 1 amide bonds. The van der Waals surface area contributed by atoms with E-state index in [4.69, 9.17) is 16.7 Å². The smallest absolute Gasteiger partial charge is 0.227 e. The van der Waals surface area contributed by atoms with E-state index < -0.39 is 0 Å². The number of aliphatic hydroxyl groups excluding tert-OH is 1. The molecule has 0 aliphatic heterocycles. The minimum atomic E-state index is -0.0554. The summed E-state index contributed by atoms with van der Waals surface area (Å²) in [5, 5.41) is 12.0. The van der Waals surface area contributed by atoms with E-state index in [1.165, 1.54) is 0 Å². The first-order valence-electron chi connectivity index (χ1n) is 6.28. The molecule has 102 valence electrons. The number of amides is 1. The third kappa shape index (κ3) is 4.94. The zero-order valence-electron chi connectivity index (χ0n) is 11.2. The molecule has 0 spiro atoms. The quantitative estimate of drug-likeness (QED) is 0.832. The maximum absolute atomic E-state index is 11.8. The molecule has 0 fully saturated rings. The first kappa shape index (κ1) is 15.6. The zero-order valence-corrected chi connectivity index (χ0v) is 11.9. The Bertz CT molecular complexity index is 503. The predicted molar refractivity (Wildman–Crippen MR) is 78.1 cm³/mol. The van der Waals surface area contributed by atoms with Crippen LogP contribution in [0, 0.1) is 17.8 Å². The number of carbonyl (C=O) groups is 1. The van der Waals surface area contributed by atoms with Crippen molar-refractivity contribution in [3.05, 3.63) is 28.8 Å². The molecule has 1 unspecified atom stereocenters. The maximum atomic E-state index is 11.8. The van der Waals surface area contributed by atoms with Crippen LogP contribution in [-0.4, -0.2) is 17.6 Å². The molecule has 1 rings (SSSR count). The second kappa shape index (κ2) is 7.83. The van der Waals surface area contributed by atoms with E-state index in [-0.39, 0.29) is 18.4 Å². The molecule has 0 radical (unpaired) electrons. The van der Waals surface area contributed by atoms with E-state index in [9.17, 15) is 4.79 Å². The van der Waals surface area contributed by atoms with E-state index in [1.54, 1.807) is 18.2 Å². The van der Waals surface area contributed by atoms with Gasteiger partial charge in [0.05, 0.1) is 17.3 Å². The third-order valence-corrected chi connectivity index (χ3v) is 3.08. The Morgan fingerprint density at radius 2 is 2.26 bits per heavy atom. The van der Waals surface area contributed by atoms with Gasteiger partial charge in [-0.2, -0.15) is 0 Å². The summed E-state index contributed by atoms with van der Waals surface area (Å²) in [6.07, 6.45) is 1.20. The topological polar surface area (TPSA) is 49.3 Å². The minimum absolute atomic E-state index is 0.0399. The van der Waals surface area contributed by atoms with Gasteiger partial charge in [-0.1, -0.05) is 37.3 Å². The molecule has 1 aromatic rings. The molecule has 0 bridgehead atoms. The van der Waals surface area contributed by atoms with Crippen LogP contribution in [0.15, 0.2) is 18.2 Å². The summed E-state index contributed by atoms with van der Waals surface area (Å²) < 4.78 is 0. The van der Waals surface area contributed by atoms with Gasteiger partial charge in [0.25, 0.3) is 0 Å². The van der Waals surface area contributed by atoms with E-state index in [0.29, 0.717) is 17.1 Å². The molecular formula is C15H18ClNO2. The highest BCUT2D eigenvalue weighted by atomic mass is 35.5. The highest BCUT2D eigenvalue weighted by Crippen LogP contribution is 2.23. The monoisotopic (exact) mass is 279 g/mol. The number of hydrogen-bond donors (Lipinski definition) is 2. The van der Waals surface area contributed by atoms with Gasteiger partial charge in [-0.3, -0.25) is 4.79 Å².